The number of para-hydroxylation sites is 2. The molecule has 2 aromatic heterocycles. The summed E-state index contributed by atoms with van der Waals surface area (Å²) >= 11 is 3.37. The number of nitrogens with zero attached hydrogens (tertiary/aromatic N) is 4. The lowest BCUT2D eigenvalue weighted by Crippen LogP contribution is -2.12. The van der Waals surface area contributed by atoms with E-state index in [2.05, 4.69) is 35.9 Å². The normalized spacial score (nSPS) is 11.1. The highest BCUT2D eigenvalue weighted by Gasteiger charge is 2.20. The van der Waals surface area contributed by atoms with Gasteiger partial charge in [-0.25, -0.2) is 9.61 Å². The number of ketones is 1. The van der Waals surface area contributed by atoms with E-state index in [0.717, 1.165) is 15.5 Å². The van der Waals surface area contributed by atoms with E-state index in [-0.39, 0.29) is 18.1 Å². The zero-order valence-corrected chi connectivity index (χ0v) is 14.5. The first-order chi connectivity index (χ1) is 12.1. The van der Waals surface area contributed by atoms with Gasteiger partial charge in [0.1, 0.15) is 0 Å². The van der Waals surface area contributed by atoms with Crippen LogP contribution in [0.25, 0.3) is 22.6 Å². The highest BCUT2D eigenvalue weighted by atomic mass is 79.9. The molecule has 2 heterocycles. The van der Waals surface area contributed by atoms with Crippen molar-refractivity contribution in [3.8, 4) is 11.5 Å². The number of rotatable bonds is 4. The van der Waals surface area contributed by atoms with Crippen LogP contribution in [0.1, 0.15) is 10.4 Å². The fraction of sp³-hybridized carbons (Fsp3) is 0.0588. The SMILES string of the molecule is Nc1nonc1-c1nc2ccccc2n1CC(=O)c1ccc(Br)cc1. The Kier molecular flexibility index (Phi) is 3.81. The van der Waals surface area contributed by atoms with Crippen LogP contribution in [0.4, 0.5) is 5.82 Å². The molecule has 2 aromatic carbocycles. The van der Waals surface area contributed by atoms with Crippen LogP contribution in [-0.4, -0.2) is 25.6 Å². The Bertz CT molecular complexity index is 1070. The summed E-state index contributed by atoms with van der Waals surface area (Å²) in [5.41, 5.74) is 8.29. The number of nitrogen functional groups attached to an aromatic ring is 1. The van der Waals surface area contributed by atoms with E-state index >= 15 is 0 Å². The minimum Gasteiger partial charge on any atom is -0.379 e. The molecule has 4 aromatic rings. The van der Waals surface area contributed by atoms with Crippen molar-refractivity contribution in [1.29, 1.82) is 0 Å². The minimum absolute atomic E-state index is 0.0491. The second-order valence-corrected chi connectivity index (χ2v) is 6.35. The molecular weight excluding hydrogens is 386 g/mol. The van der Waals surface area contributed by atoms with Crippen LogP contribution >= 0.6 is 15.9 Å². The Morgan fingerprint density at radius 1 is 1.12 bits per heavy atom. The molecular formula is C17H12BrN5O2. The summed E-state index contributed by atoms with van der Waals surface area (Å²) in [7, 11) is 0. The second kappa shape index (κ2) is 6.14. The van der Waals surface area contributed by atoms with Crippen molar-refractivity contribution in [3.05, 3.63) is 58.6 Å². The monoisotopic (exact) mass is 397 g/mol. The highest BCUT2D eigenvalue weighted by Crippen LogP contribution is 2.27. The maximum Gasteiger partial charge on any atom is 0.199 e. The number of fused-ring (bicyclic) bond motifs is 1. The van der Waals surface area contributed by atoms with Gasteiger partial charge < -0.3 is 10.3 Å². The van der Waals surface area contributed by atoms with E-state index < -0.39 is 0 Å². The fourth-order valence-corrected chi connectivity index (χ4v) is 2.90. The average Bonchev–Trinajstić information content (AvgIpc) is 3.19. The molecule has 0 aliphatic heterocycles. The van der Waals surface area contributed by atoms with E-state index in [1.165, 1.54) is 0 Å². The molecule has 0 amide bonds. The van der Waals surface area contributed by atoms with Gasteiger partial charge in [0.25, 0.3) is 0 Å². The molecule has 0 radical (unpaired) electrons. The lowest BCUT2D eigenvalue weighted by Gasteiger charge is -2.07. The van der Waals surface area contributed by atoms with Crippen molar-refractivity contribution < 1.29 is 9.42 Å². The van der Waals surface area contributed by atoms with Gasteiger partial charge in [0.15, 0.2) is 23.1 Å². The summed E-state index contributed by atoms with van der Waals surface area (Å²) in [6.45, 7) is 0.101. The molecule has 0 bridgehead atoms. The quantitative estimate of drug-likeness (QED) is 0.530. The van der Waals surface area contributed by atoms with E-state index in [4.69, 9.17) is 5.73 Å². The average molecular weight is 398 g/mol. The van der Waals surface area contributed by atoms with E-state index in [0.29, 0.717) is 17.1 Å². The number of aromatic nitrogens is 4. The number of hydrogen-bond donors (Lipinski definition) is 1. The second-order valence-electron chi connectivity index (χ2n) is 5.44. The summed E-state index contributed by atoms with van der Waals surface area (Å²) < 4.78 is 7.37. The fourth-order valence-electron chi connectivity index (χ4n) is 2.64. The Balaban J connectivity index is 1.81. The number of imidazole rings is 1. The summed E-state index contributed by atoms with van der Waals surface area (Å²) in [4.78, 5) is 17.3. The lowest BCUT2D eigenvalue weighted by atomic mass is 10.1. The highest BCUT2D eigenvalue weighted by molar-refractivity contribution is 9.10. The lowest BCUT2D eigenvalue weighted by molar-refractivity contribution is 0.0974. The summed E-state index contributed by atoms with van der Waals surface area (Å²) in [5, 5.41) is 7.42. The van der Waals surface area contributed by atoms with Crippen LogP contribution in [-0.2, 0) is 6.54 Å². The van der Waals surface area contributed by atoms with Gasteiger partial charge in [-0.3, -0.25) is 4.79 Å². The van der Waals surface area contributed by atoms with Gasteiger partial charge in [0, 0.05) is 10.0 Å². The number of nitrogens with two attached hydrogens (primary N) is 1. The standard InChI is InChI=1S/C17H12BrN5O2/c18-11-7-5-10(6-8-11)14(24)9-23-13-4-2-1-3-12(13)20-17(23)15-16(19)22-25-21-15/h1-8H,9H2,(H2,19,22). The first-order valence-electron chi connectivity index (χ1n) is 7.46. The van der Waals surface area contributed by atoms with Gasteiger partial charge in [0.2, 0.25) is 0 Å². The maximum absolute atomic E-state index is 12.7. The minimum atomic E-state index is -0.0491. The number of halogens is 1. The third-order valence-electron chi connectivity index (χ3n) is 3.85. The topological polar surface area (TPSA) is 99.8 Å². The van der Waals surface area contributed by atoms with Gasteiger partial charge in [-0.15, -0.1) is 0 Å². The van der Waals surface area contributed by atoms with Gasteiger partial charge >= 0.3 is 0 Å². The van der Waals surface area contributed by atoms with Gasteiger partial charge in [0.05, 0.1) is 17.6 Å². The van der Waals surface area contributed by atoms with Crippen LogP contribution in [0.2, 0.25) is 0 Å². The van der Waals surface area contributed by atoms with Crippen LogP contribution in [0, 0.1) is 0 Å². The third kappa shape index (κ3) is 2.80. The molecule has 2 N–H and O–H groups in total. The molecule has 124 valence electrons. The maximum atomic E-state index is 12.7. The number of carbonyl (C=O) groups is 1. The molecule has 0 aliphatic rings. The first-order valence-corrected chi connectivity index (χ1v) is 8.25. The van der Waals surface area contributed by atoms with Crippen molar-refractivity contribution in [2.45, 2.75) is 6.54 Å². The van der Waals surface area contributed by atoms with Crippen LogP contribution in [0.15, 0.2) is 57.6 Å². The van der Waals surface area contributed by atoms with Gasteiger partial charge in [-0.05, 0) is 34.6 Å². The largest absolute Gasteiger partial charge is 0.379 e. The number of hydrogen-bond acceptors (Lipinski definition) is 6. The molecule has 0 aliphatic carbocycles. The van der Waals surface area contributed by atoms with Gasteiger partial charge in [-0.2, -0.15) is 0 Å². The molecule has 0 unspecified atom stereocenters. The van der Waals surface area contributed by atoms with Crippen molar-refractivity contribution in [1.82, 2.24) is 19.9 Å². The molecule has 0 saturated carbocycles. The molecule has 0 atom stereocenters. The summed E-state index contributed by atoms with van der Waals surface area (Å²) in [6, 6.07) is 14.7. The Hall–Kier alpha value is -3.00. The molecule has 7 nitrogen and oxygen atoms in total. The van der Waals surface area contributed by atoms with Crippen molar-refractivity contribution in [2.24, 2.45) is 0 Å². The van der Waals surface area contributed by atoms with E-state index in [1.807, 2.05) is 36.4 Å². The summed E-state index contributed by atoms with van der Waals surface area (Å²) in [6.07, 6.45) is 0. The van der Waals surface area contributed by atoms with Crippen molar-refractivity contribution >= 4 is 38.6 Å². The molecule has 25 heavy (non-hydrogen) atoms. The Morgan fingerprint density at radius 3 is 2.60 bits per heavy atom. The van der Waals surface area contributed by atoms with Crippen molar-refractivity contribution in [3.63, 3.8) is 0 Å². The number of benzene rings is 2. The first kappa shape index (κ1) is 15.5. The molecule has 4 rings (SSSR count). The van der Waals surface area contributed by atoms with Gasteiger partial charge in [-0.1, -0.05) is 40.2 Å². The smallest absolute Gasteiger partial charge is 0.199 e. The zero-order chi connectivity index (χ0) is 17.4. The molecule has 0 spiro atoms. The van der Waals surface area contributed by atoms with Crippen molar-refractivity contribution in [2.75, 3.05) is 5.73 Å². The Labute approximate surface area is 150 Å². The van der Waals surface area contributed by atoms with Crippen LogP contribution in [0.5, 0.6) is 0 Å². The number of Topliss-reactive ketones (excluding diaryl/α,β-unsaturated/α-hetero) is 1. The van der Waals surface area contributed by atoms with E-state index in [9.17, 15) is 4.79 Å². The predicted octanol–water partition coefficient (Wildman–Crippen LogP) is 3.31. The third-order valence-corrected chi connectivity index (χ3v) is 4.38. The van der Waals surface area contributed by atoms with Crippen LogP contribution in [0.3, 0.4) is 0 Å². The molecule has 0 saturated heterocycles. The number of anilines is 1. The Morgan fingerprint density at radius 2 is 1.88 bits per heavy atom. The molecule has 0 fully saturated rings. The van der Waals surface area contributed by atoms with Crippen LogP contribution < -0.4 is 5.73 Å². The summed E-state index contributed by atoms with van der Waals surface area (Å²) in [5.74, 6) is 0.532. The molecule has 8 heteroatoms. The number of carbonyl (C=O) groups excluding carboxylic acids is 1. The van der Waals surface area contributed by atoms with E-state index in [1.54, 1.807) is 16.7 Å². The predicted molar refractivity (Wildman–Crippen MR) is 95.9 cm³/mol. The zero-order valence-electron chi connectivity index (χ0n) is 12.9.